The Morgan fingerprint density at radius 2 is 1.39 bits per heavy atom. The highest BCUT2D eigenvalue weighted by molar-refractivity contribution is 5.94. The van der Waals surface area contributed by atoms with E-state index in [9.17, 15) is 0 Å². The van der Waals surface area contributed by atoms with Crippen molar-refractivity contribution < 1.29 is 4.74 Å². The third-order valence-electron chi connectivity index (χ3n) is 3.74. The van der Waals surface area contributed by atoms with Crippen LogP contribution in [0.1, 0.15) is 0 Å². The van der Waals surface area contributed by atoms with Gasteiger partial charge < -0.3 is 4.74 Å². The summed E-state index contributed by atoms with van der Waals surface area (Å²) >= 11 is 0. The second-order valence-corrected chi connectivity index (χ2v) is 5.33. The Kier molecular flexibility index (Phi) is 3.49. The van der Waals surface area contributed by atoms with Gasteiger partial charge in [0.05, 0.1) is 5.52 Å². The van der Waals surface area contributed by atoms with Crippen molar-refractivity contribution in [1.29, 1.82) is 0 Å². The molecule has 0 aliphatic carbocycles. The number of aromatic nitrogens is 1. The highest BCUT2D eigenvalue weighted by Gasteiger charge is 2.08. The first-order valence-electron chi connectivity index (χ1n) is 7.57. The molecular formula is C21H15NO. The minimum absolute atomic E-state index is 0.815. The third kappa shape index (κ3) is 2.79. The predicted octanol–water partition coefficient (Wildman–Crippen LogP) is 5.69. The summed E-state index contributed by atoms with van der Waals surface area (Å²) in [6.07, 6.45) is 1.83. The largest absolute Gasteiger partial charge is 0.457 e. The van der Waals surface area contributed by atoms with Crippen LogP contribution in [0.3, 0.4) is 0 Å². The van der Waals surface area contributed by atoms with E-state index in [-0.39, 0.29) is 0 Å². The van der Waals surface area contributed by atoms with Crippen LogP contribution >= 0.6 is 0 Å². The van der Waals surface area contributed by atoms with Crippen molar-refractivity contribution in [2.24, 2.45) is 0 Å². The van der Waals surface area contributed by atoms with Crippen LogP contribution in [0.2, 0.25) is 0 Å². The van der Waals surface area contributed by atoms with Crippen LogP contribution in [0.25, 0.3) is 22.0 Å². The average Bonchev–Trinajstić information content (AvgIpc) is 2.63. The van der Waals surface area contributed by atoms with Crippen LogP contribution in [0, 0.1) is 0 Å². The molecule has 4 aromatic rings. The Morgan fingerprint density at radius 3 is 2.17 bits per heavy atom. The number of para-hydroxylation sites is 1. The number of nitrogens with zero attached hydrogens (tertiary/aromatic N) is 1. The number of ether oxygens (including phenoxy) is 1. The molecule has 0 atom stereocenters. The molecule has 23 heavy (non-hydrogen) atoms. The van der Waals surface area contributed by atoms with Gasteiger partial charge in [0.1, 0.15) is 11.5 Å². The standard InChI is InChI=1S/C21H15NO/c1-3-8-16(9-4-1)20-15-19(23-18-11-5-2-6-12-18)14-17-10-7-13-22-21(17)20/h1-15H. The Labute approximate surface area is 135 Å². The van der Waals surface area contributed by atoms with Gasteiger partial charge in [-0.3, -0.25) is 4.98 Å². The number of rotatable bonds is 3. The highest BCUT2D eigenvalue weighted by Crippen LogP contribution is 2.33. The maximum Gasteiger partial charge on any atom is 0.128 e. The first-order chi connectivity index (χ1) is 11.4. The normalized spacial score (nSPS) is 10.6. The highest BCUT2D eigenvalue weighted by atomic mass is 16.5. The third-order valence-corrected chi connectivity index (χ3v) is 3.74. The fraction of sp³-hybridized carbons (Fsp3) is 0. The molecule has 0 saturated heterocycles. The molecule has 0 N–H and O–H groups in total. The predicted molar refractivity (Wildman–Crippen MR) is 93.7 cm³/mol. The summed E-state index contributed by atoms with van der Waals surface area (Å²) in [5, 5.41) is 1.07. The molecule has 2 heteroatoms. The number of hydrogen-bond acceptors (Lipinski definition) is 2. The summed E-state index contributed by atoms with van der Waals surface area (Å²) < 4.78 is 6.02. The zero-order chi connectivity index (χ0) is 15.5. The summed E-state index contributed by atoms with van der Waals surface area (Å²) in [4.78, 5) is 4.55. The number of pyridine rings is 1. The molecule has 1 heterocycles. The molecule has 0 fully saturated rings. The molecule has 4 rings (SSSR count). The lowest BCUT2D eigenvalue weighted by Crippen LogP contribution is -1.89. The van der Waals surface area contributed by atoms with Gasteiger partial charge >= 0.3 is 0 Å². The Morgan fingerprint density at radius 1 is 0.652 bits per heavy atom. The fourth-order valence-corrected chi connectivity index (χ4v) is 2.69. The summed E-state index contributed by atoms with van der Waals surface area (Å²) in [6.45, 7) is 0. The molecule has 0 aliphatic rings. The fourth-order valence-electron chi connectivity index (χ4n) is 2.69. The summed E-state index contributed by atoms with van der Waals surface area (Å²) in [5.41, 5.74) is 3.20. The van der Waals surface area contributed by atoms with Crippen LogP contribution in [-0.4, -0.2) is 4.98 Å². The summed E-state index contributed by atoms with van der Waals surface area (Å²) in [5.74, 6) is 1.64. The van der Waals surface area contributed by atoms with E-state index in [1.165, 1.54) is 0 Å². The molecule has 110 valence electrons. The van der Waals surface area contributed by atoms with Crippen molar-refractivity contribution in [2.45, 2.75) is 0 Å². The van der Waals surface area contributed by atoms with E-state index in [2.05, 4.69) is 29.2 Å². The molecule has 0 bridgehead atoms. The lowest BCUT2D eigenvalue weighted by atomic mass is 10.0. The molecule has 0 radical (unpaired) electrons. The molecule has 2 nitrogen and oxygen atoms in total. The van der Waals surface area contributed by atoms with Gasteiger partial charge in [-0.05, 0) is 35.9 Å². The van der Waals surface area contributed by atoms with Crippen LogP contribution in [0.4, 0.5) is 0 Å². The van der Waals surface area contributed by atoms with Crippen LogP contribution in [0.15, 0.2) is 91.1 Å². The number of hydrogen-bond donors (Lipinski definition) is 0. The first-order valence-corrected chi connectivity index (χ1v) is 7.57. The van der Waals surface area contributed by atoms with Gasteiger partial charge in [-0.1, -0.05) is 54.6 Å². The van der Waals surface area contributed by atoms with Crippen molar-refractivity contribution in [2.75, 3.05) is 0 Å². The summed E-state index contributed by atoms with van der Waals surface area (Å²) in [7, 11) is 0. The molecule has 0 spiro atoms. The molecule has 3 aromatic carbocycles. The van der Waals surface area contributed by atoms with Gasteiger partial charge in [0.25, 0.3) is 0 Å². The number of fused-ring (bicyclic) bond motifs is 1. The topological polar surface area (TPSA) is 22.1 Å². The smallest absolute Gasteiger partial charge is 0.128 e. The zero-order valence-corrected chi connectivity index (χ0v) is 12.5. The maximum absolute atomic E-state index is 6.02. The van der Waals surface area contributed by atoms with Crippen molar-refractivity contribution in [3.8, 4) is 22.6 Å². The van der Waals surface area contributed by atoms with Gasteiger partial charge in [0.2, 0.25) is 0 Å². The minimum atomic E-state index is 0.815. The van der Waals surface area contributed by atoms with Crippen LogP contribution in [-0.2, 0) is 0 Å². The van der Waals surface area contributed by atoms with Gasteiger partial charge in [-0.15, -0.1) is 0 Å². The lowest BCUT2D eigenvalue weighted by Gasteiger charge is -2.11. The van der Waals surface area contributed by atoms with E-state index >= 15 is 0 Å². The minimum Gasteiger partial charge on any atom is -0.457 e. The number of benzene rings is 3. The van der Waals surface area contributed by atoms with Gasteiger partial charge in [-0.2, -0.15) is 0 Å². The van der Waals surface area contributed by atoms with Crippen molar-refractivity contribution in [3.05, 3.63) is 91.1 Å². The molecule has 0 saturated carbocycles. The second-order valence-electron chi connectivity index (χ2n) is 5.33. The van der Waals surface area contributed by atoms with E-state index in [4.69, 9.17) is 4.74 Å². The van der Waals surface area contributed by atoms with E-state index in [0.717, 1.165) is 33.5 Å². The second kappa shape index (κ2) is 5.93. The Bertz CT molecular complexity index is 933. The Balaban J connectivity index is 1.87. The van der Waals surface area contributed by atoms with E-state index < -0.39 is 0 Å². The quantitative estimate of drug-likeness (QED) is 0.484. The van der Waals surface area contributed by atoms with Crippen molar-refractivity contribution in [1.82, 2.24) is 4.98 Å². The van der Waals surface area contributed by atoms with Crippen LogP contribution < -0.4 is 4.74 Å². The van der Waals surface area contributed by atoms with Gasteiger partial charge in [0, 0.05) is 17.1 Å². The monoisotopic (exact) mass is 297 g/mol. The summed E-state index contributed by atoms with van der Waals surface area (Å²) in [6, 6.07) is 28.2. The average molecular weight is 297 g/mol. The molecule has 1 aromatic heterocycles. The van der Waals surface area contributed by atoms with E-state index in [1.807, 2.05) is 66.9 Å². The van der Waals surface area contributed by atoms with Crippen LogP contribution in [0.5, 0.6) is 11.5 Å². The van der Waals surface area contributed by atoms with E-state index in [1.54, 1.807) is 0 Å². The molecule has 0 unspecified atom stereocenters. The molecule has 0 aliphatic heterocycles. The zero-order valence-electron chi connectivity index (χ0n) is 12.5. The van der Waals surface area contributed by atoms with Crippen molar-refractivity contribution in [3.63, 3.8) is 0 Å². The van der Waals surface area contributed by atoms with E-state index in [0.29, 0.717) is 0 Å². The van der Waals surface area contributed by atoms with Gasteiger partial charge in [-0.25, -0.2) is 0 Å². The molecular weight excluding hydrogens is 282 g/mol. The first kappa shape index (κ1) is 13.5. The lowest BCUT2D eigenvalue weighted by molar-refractivity contribution is 0.483. The Hall–Kier alpha value is -3.13. The van der Waals surface area contributed by atoms with Crippen molar-refractivity contribution >= 4 is 10.9 Å². The van der Waals surface area contributed by atoms with Gasteiger partial charge in [0.15, 0.2) is 0 Å². The maximum atomic E-state index is 6.02. The molecule has 0 amide bonds. The SMILES string of the molecule is c1ccc(Oc2cc(-c3ccccc3)c3ncccc3c2)cc1.